The van der Waals surface area contributed by atoms with Crippen LogP contribution in [0.25, 0.3) is 0 Å². The van der Waals surface area contributed by atoms with Crippen LogP contribution in [0.15, 0.2) is 23.1 Å². The van der Waals surface area contributed by atoms with Crippen molar-refractivity contribution >= 4 is 17.0 Å². The van der Waals surface area contributed by atoms with E-state index in [1.165, 1.54) is 18.3 Å². The molecule has 0 atom stereocenters. The summed E-state index contributed by atoms with van der Waals surface area (Å²) < 4.78 is 4.33. The first-order valence-corrected chi connectivity index (χ1v) is 3.13. The molecule has 0 radical (unpaired) electrons. The zero-order valence-corrected chi connectivity index (χ0v) is 6.09. The Morgan fingerprint density at radius 1 is 1.64 bits per heavy atom. The second-order valence-corrected chi connectivity index (χ2v) is 2.01. The summed E-state index contributed by atoms with van der Waals surface area (Å²) in [5.41, 5.74) is -1.51. The van der Waals surface area contributed by atoms with Crippen LogP contribution in [0.1, 0.15) is 0 Å². The standard InChI is InChI=1S/C6H4ClNO3/c7-6(10)11-4-2-1-3-8-5(4)9/h1-3H,(H,8,9). The molecule has 58 valence electrons. The molecule has 0 saturated carbocycles. The maximum absolute atomic E-state index is 10.8. The number of aromatic amines is 1. The Kier molecular flexibility index (Phi) is 2.28. The molecule has 1 aromatic heterocycles. The lowest BCUT2D eigenvalue weighted by Gasteiger charge is -1.94. The number of halogens is 1. The van der Waals surface area contributed by atoms with E-state index in [4.69, 9.17) is 11.6 Å². The zero-order chi connectivity index (χ0) is 8.27. The van der Waals surface area contributed by atoms with Crippen molar-refractivity contribution in [3.05, 3.63) is 28.7 Å². The SMILES string of the molecule is O=C(Cl)Oc1ccc[nH]c1=O. The number of pyridine rings is 1. The maximum Gasteiger partial charge on any atom is 0.409 e. The third kappa shape index (κ3) is 2.09. The van der Waals surface area contributed by atoms with E-state index in [0.717, 1.165) is 0 Å². The van der Waals surface area contributed by atoms with Crippen LogP contribution in [0, 0.1) is 0 Å². The van der Waals surface area contributed by atoms with Crippen molar-refractivity contribution in [2.45, 2.75) is 0 Å². The van der Waals surface area contributed by atoms with Gasteiger partial charge in [-0.3, -0.25) is 4.79 Å². The summed E-state index contributed by atoms with van der Waals surface area (Å²) in [6, 6.07) is 2.87. The van der Waals surface area contributed by atoms with Crippen molar-refractivity contribution in [1.29, 1.82) is 0 Å². The molecule has 0 aliphatic heterocycles. The number of H-pyrrole nitrogens is 1. The lowest BCUT2D eigenvalue weighted by atomic mass is 10.5. The fourth-order valence-electron chi connectivity index (χ4n) is 0.573. The van der Waals surface area contributed by atoms with E-state index in [1.54, 1.807) is 0 Å². The number of carbonyl (C=O) groups excluding carboxylic acids is 1. The van der Waals surface area contributed by atoms with Gasteiger partial charge in [0.05, 0.1) is 0 Å². The number of ether oxygens (including phenoxy) is 1. The first-order valence-electron chi connectivity index (χ1n) is 2.75. The highest BCUT2D eigenvalue weighted by Gasteiger charge is 2.02. The van der Waals surface area contributed by atoms with E-state index in [9.17, 15) is 9.59 Å². The van der Waals surface area contributed by atoms with Gasteiger partial charge in [-0.15, -0.1) is 0 Å². The first kappa shape index (κ1) is 7.81. The Morgan fingerprint density at radius 3 is 2.91 bits per heavy atom. The molecule has 11 heavy (non-hydrogen) atoms. The van der Waals surface area contributed by atoms with Gasteiger partial charge in [0.15, 0.2) is 5.75 Å². The van der Waals surface area contributed by atoms with E-state index in [-0.39, 0.29) is 5.75 Å². The molecule has 1 N–H and O–H groups in total. The molecule has 5 heteroatoms. The normalized spacial score (nSPS) is 9.18. The maximum atomic E-state index is 10.8. The van der Waals surface area contributed by atoms with Crippen molar-refractivity contribution in [2.75, 3.05) is 0 Å². The second kappa shape index (κ2) is 3.21. The molecule has 0 spiro atoms. The summed E-state index contributed by atoms with van der Waals surface area (Å²) in [5, 5.41) is 0. The molecule has 0 unspecified atom stereocenters. The molecule has 0 fully saturated rings. The summed E-state index contributed by atoms with van der Waals surface area (Å²) in [6.45, 7) is 0. The van der Waals surface area contributed by atoms with Crippen LogP contribution in [0.3, 0.4) is 0 Å². The smallest absolute Gasteiger partial charge is 0.409 e. The van der Waals surface area contributed by atoms with Gasteiger partial charge in [0.2, 0.25) is 0 Å². The lowest BCUT2D eigenvalue weighted by Crippen LogP contribution is -2.10. The van der Waals surface area contributed by atoms with Gasteiger partial charge in [-0.05, 0) is 12.1 Å². The van der Waals surface area contributed by atoms with Crippen LogP contribution in [-0.2, 0) is 0 Å². The molecule has 1 heterocycles. The Bertz CT molecular complexity index is 320. The number of hydrogen-bond acceptors (Lipinski definition) is 3. The number of rotatable bonds is 1. The molecule has 0 aliphatic rings. The van der Waals surface area contributed by atoms with Gasteiger partial charge in [-0.1, -0.05) is 0 Å². The number of carbonyl (C=O) groups is 1. The lowest BCUT2D eigenvalue weighted by molar-refractivity contribution is 0.225. The highest BCUT2D eigenvalue weighted by Crippen LogP contribution is 2.01. The van der Waals surface area contributed by atoms with E-state index in [2.05, 4.69) is 9.72 Å². The molecular weight excluding hydrogens is 170 g/mol. The molecule has 1 aromatic rings. The number of hydrogen-bond donors (Lipinski definition) is 1. The molecule has 4 nitrogen and oxygen atoms in total. The van der Waals surface area contributed by atoms with E-state index < -0.39 is 11.0 Å². The van der Waals surface area contributed by atoms with Crippen molar-refractivity contribution in [1.82, 2.24) is 4.98 Å². The van der Waals surface area contributed by atoms with Crippen LogP contribution in [0.5, 0.6) is 5.75 Å². The van der Waals surface area contributed by atoms with Gasteiger partial charge in [0.25, 0.3) is 5.56 Å². The third-order valence-corrected chi connectivity index (χ3v) is 1.05. The van der Waals surface area contributed by atoms with Gasteiger partial charge >= 0.3 is 5.43 Å². The van der Waals surface area contributed by atoms with Crippen LogP contribution in [0.4, 0.5) is 4.79 Å². The molecule has 0 saturated heterocycles. The monoisotopic (exact) mass is 173 g/mol. The summed E-state index contributed by atoms with van der Waals surface area (Å²) in [6.07, 6.45) is 1.42. The Labute approximate surface area is 66.8 Å². The van der Waals surface area contributed by atoms with Crippen LogP contribution in [0.2, 0.25) is 0 Å². The molecular formula is C6H4ClNO3. The summed E-state index contributed by atoms with van der Waals surface area (Å²) >= 11 is 4.87. The van der Waals surface area contributed by atoms with Gasteiger partial charge in [0, 0.05) is 17.8 Å². The predicted octanol–water partition coefficient (Wildman–Crippen LogP) is 1.11. The average molecular weight is 174 g/mol. The summed E-state index contributed by atoms with van der Waals surface area (Å²) in [7, 11) is 0. The molecule has 1 rings (SSSR count). The Morgan fingerprint density at radius 2 is 2.36 bits per heavy atom. The first-order chi connectivity index (χ1) is 5.20. The van der Waals surface area contributed by atoms with Crippen LogP contribution < -0.4 is 10.3 Å². The molecule has 0 amide bonds. The van der Waals surface area contributed by atoms with Gasteiger partial charge in [-0.25, -0.2) is 4.79 Å². The number of nitrogens with one attached hydrogen (secondary N) is 1. The van der Waals surface area contributed by atoms with Crippen molar-refractivity contribution < 1.29 is 9.53 Å². The summed E-state index contributed by atoms with van der Waals surface area (Å²) in [4.78, 5) is 23.2. The van der Waals surface area contributed by atoms with Crippen LogP contribution >= 0.6 is 11.6 Å². The van der Waals surface area contributed by atoms with E-state index in [0.29, 0.717) is 0 Å². The molecule has 0 aliphatic carbocycles. The highest BCUT2D eigenvalue weighted by molar-refractivity contribution is 6.61. The fraction of sp³-hybridized carbons (Fsp3) is 0. The van der Waals surface area contributed by atoms with E-state index >= 15 is 0 Å². The van der Waals surface area contributed by atoms with Gasteiger partial charge in [0.1, 0.15) is 0 Å². The minimum atomic E-state index is -1.03. The Balaban J connectivity index is 2.95. The quantitative estimate of drug-likeness (QED) is 0.648. The third-order valence-electron chi connectivity index (χ3n) is 0.972. The fourth-order valence-corrected chi connectivity index (χ4v) is 0.656. The van der Waals surface area contributed by atoms with E-state index in [1.807, 2.05) is 0 Å². The highest BCUT2D eigenvalue weighted by atomic mass is 35.5. The minimum Gasteiger partial charge on any atom is -0.409 e. The topological polar surface area (TPSA) is 59.2 Å². The number of aromatic nitrogens is 1. The average Bonchev–Trinajstić information content (AvgIpc) is 1.93. The largest absolute Gasteiger partial charge is 0.409 e. The van der Waals surface area contributed by atoms with Crippen molar-refractivity contribution in [2.24, 2.45) is 0 Å². The predicted molar refractivity (Wildman–Crippen MR) is 38.9 cm³/mol. The van der Waals surface area contributed by atoms with Crippen molar-refractivity contribution in [3.8, 4) is 5.75 Å². The second-order valence-electron chi connectivity index (χ2n) is 1.70. The molecule has 0 aromatic carbocycles. The molecule has 0 bridgehead atoms. The Hall–Kier alpha value is -1.29. The summed E-state index contributed by atoms with van der Waals surface area (Å²) in [5.74, 6) is -0.104. The van der Waals surface area contributed by atoms with Crippen molar-refractivity contribution in [3.63, 3.8) is 0 Å². The van der Waals surface area contributed by atoms with Gasteiger partial charge in [-0.2, -0.15) is 0 Å². The van der Waals surface area contributed by atoms with Crippen LogP contribution in [-0.4, -0.2) is 10.4 Å². The van der Waals surface area contributed by atoms with Gasteiger partial charge < -0.3 is 9.72 Å². The minimum absolute atomic E-state index is 0.104. The zero-order valence-electron chi connectivity index (χ0n) is 5.33.